The van der Waals surface area contributed by atoms with Crippen LogP contribution >= 0.6 is 11.8 Å². The first kappa shape index (κ1) is 14.4. The minimum Gasteiger partial charge on any atom is -0.360 e. The van der Waals surface area contributed by atoms with E-state index in [0.29, 0.717) is 18.1 Å². The molecule has 1 N–H and O–H groups in total. The van der Waals surface area contributed by atoms with Gasteiger partial charge in [-0.15, -0.1) is 11.8 Å². The lowest BCUT2D eigenvalue weighted by atomic mass is 10.2. The van der Waals surface area contributed by atoms with Crippen LogP contribution < -0.4 is 5.32 Å². The third-order valence-corrected chi connectivity index (χ3v) is 3.74. The topological polar surface area (TPSA) is 73.0 Å². The van der Waals surface area contributed by atoms with Crippen LogP contribution in [0.4, 0.5) is 11.5 Å². The highest BCUT2D eigenvalue weighted by molar-refractivity contribution is 7.98. The first-order valence-electron chi connectivity index (χ1n) is 6.07. The van der Waals surface area contributed by atoms with E-state index in [2.05, 4.69) is 10.4 Å². The van der Waals surface area contributed by atoms with Gasteiger partial charge in [0.05, 0.1) is 4.92 Å². The van der Waals surface area contributed by atoms with Gasteiger partial charge < -0.3 is 5.32 Å². The van der Waals surface area contributed by atoms with Gasteiger partial charge in [-0.05, 0) is 30.9 Å². The van der Waals surface area contributed by atoms with E-state index in [4.69, 9.17) is 0 Å². The number of hydrogen-bond acceptors (Lipinski definition) is 5. The number of hydrogen-bond donors (Lipinski definition) is 1. The second-order valence-corrected chi connectivity index (χ2v) is 5.24. The predicted octanol–water partition coefficient (Wildman–Crippen LogP) is 2.97. The Labute approximate surface area is 121 Å². The molecule has 0 saturated heterocycles. The number of anilines is 1. The van der Waals surface area contributed by atoms with E-state index in [0.717, 1.165) is 5.56 Å². The zero-order valence-corrected chi connectivity index (χ0v) is 12.4. The van der Waals surface area contributed by atoms with E-state index in [9.17, 15) is 10.1 Å². The summed E-state index contributed by atoms with van der Waals surface area (Å²) in [5.74, 6) is 0.432. The lowest BCUT2D eigenvalue weighted by Gasteiger charge is -2.06. The van der Waals surface area contributed by atoms with E-state index in [-0.39, 0.29) is 5.69 Å². The summed E-state index contributed by atoms with van der Waals surface area (Å²) in [4.78, 5) is 11.8. The van der Waals surface area contributed by atoms with Gasteiger partial charge in [0.1, 0.15) is 5.69 Å². The molecule has 0 aliphatic heterocycles. The normalized spacial score (nSPS) is 10.6. The van der Waals surface area contributed by atoms with E-state index >= 15 is 0 Å². The Morgan fingerprint density at radius 3 is 2.60 bits per heavy atom. The van der Waals surface area contributed by atoms with Gasteiger partial charge in [-0.1, -0.05) is 12.1 Å². The highest BCUT2D eigenvalue weighted by atomic mass is 32.2. The van der Waals surface area contributed by atoms with Crippen molar-refractivity contribution in [2.75, 3.05) is 11.6 Å². The average Bonchev–Trinajstić information content (AvgIpc) is 2.71. The fraction of sp³-hybridized carbons (Fsp3) is 0.308. The molecule has 0 bridgehead atoms. The van der Waals surface area contributed by atoms with Crippen LogP contribution in [0.3, 0.4) is 0 Å². The van der Waals surface area contributed by atoms with E-state index in [1.54, 1.807) is 25.7 Å². The molecule has 0 spiro atoms. The van der Waals surface area contributed by atoms with Crippen molar-refractivity contribution in [2.45, 2.75) is 18.4 Å². The van der Waals surface area contributed by atoms with Gasteiger partial charge in [0.25, 0.3) is 0 Å². The summed E-state index contributed by atoms with van der Waals surface area (Å²) in [5.41, 5.74) is 1.52. The molecule has 106 valence electrons. The molecule has 1 heterocycles. The summed E-state index contributed by atoms with van der Waals surface area (Å²) in [7, 11) is 1.69. The minimum absolute atomic E-state index is 0.0354. The van der Waals surface area contributed by atoms with Crippen LogP contribution in [-0.2, 0) is 13.6 Å². The molecule has 0 saturated carbocycles. The first-order valence-corrected chi connectivity index (χ1v) is 7.30. The molecule has 0 atom stereocenters. The minimum atomic E-state index is -0.401. The van der Waals surface area contributed by atoms with E-state index < -0.39 is 4.92 Å². The zero-order chi connectivity index (χ0) is 14.7. The predicted molar refractivity (Wildman–Crippen MR) is 80.1 cm³/mol. The zero-order valence-electron chi connectivity index (χ0n) is 11.6. The third kappa shape index (κ3) is 2.93. The van der Waals surface area contributed by atoms with Crippen LogP contribution in [0.5, 0.6) is 0 Å². The highest BCUT2D eigenvalue weighted by Gasteiger charge is 2.23. The summed E-state index contributed by atoms with van der Waals surface area (Å²) in [6, 6.07) is 8.08. The smallest absolute Gasteiger partial charge is 0.333 e. The van der Waals surface area contributed by atoms with Gasteiger partial charge in [0, 0.05) is 18.5 Å². The number of nitro groups is 1. The maximum atomic E-state index is 11.1. The number of thioether (sulfide) groups is 1. The van der Waals surface area contributed by atoms with Crippen LogP contribution in [0, 0.1) is 17.0 Å². The Kier molecular flexibility index (Phi) is 4.29. The largest absolute Gasteiger partial charge is 0.360 e. The fourth-order valence-corrected chi connectivity index (χ4v) is 2.40. The van der Waals surface area contributed by atoms with E-state index in [1.807, 2.05) is 30.5 Å². The SMILES string of the molecule is CSc1ccc(CNc2c([N+](=O)[O-])c(C)nn2C)cc1. The average molecular weight is 292 g/mol. The van der Waals surface area contributed by atoms with Crippen molar-refractivity contribution in [1.29, 1.82) is 0 Å². The molecule has 6 nitrogen and oxygen atoms in total. The Morgan fingerprint density at radius 1 is 1.40 bits per heavy atom. The molecular weight excluding hydrogens is 276 g/mol. The van der Waals surface area contributed by atoms with Gasteiger partial charge in [-0.25, -0.2) is 4.68 Å². The lowest BCUT2D eigenvalue weighted by molar-refractivity contribution is -0.384. The van der Waals surface area contributed by atoms with Crippen molar-refractivity contribution in [3.05, 3.63) is 45.6 Å². The van der Waals surface area contributed by atoms with Crippen LogP contribution in [0.1, 0.15) is 11.3 Å². The third-order valence-electron chi connectivity index (χ3n) is 2.99. The van der Waals surface area contributed by atoms with Gasteiger partial charge in [0.2, 0.25) is 5.82 Å². The number of aryl methyl sites for hydroxylation is 2. The van der Waals surface area contributed by atoms with Gasteiger partial charge in [-0.2, -0.15) is 5.10 Å². The molecule has 0 unspecified atom stereocenters. The maximum Gasteiger partial charge on any atom is 0.333 e. The molecular formula is C13H16N4O2S. The molecule has 7 heteroatoms. The first-order chi connectivity index (χ1) is 9.52. The van der Waals surface area contributed by atoms with Crippen molar-refractivity contribution in [1.82, 2.24) is 9.78 Å². The molecule has 0 amide bonds. The standard InChI is InChI=1S/C13H16N4O2S/c1-9-12(17(18)19)13(16(2)15-9)14-8-10-4-6-11(20-3)7-5-10/h4-7,14H,8H2,1-3H3. The van der Waals surface area contributed by atoms with Crippen molar-refractivity contribution < 1.29 is 4.92 Å². The van der Waals surface area contributed by atoms with Crippen molar-refractivity contribution in [3.8, 4) is 0 Å². The summed E-state index contributed by atoms with van der Waals surface area (Å²) >= 11 is 1.68. The summed E-state index contributed by atoms with van der Waals surface area (Å²) in [5, 5.41) is 18.2. The summed E-state index contributed by atoms with van der Waals surface area (Å²) in [6.07, 6.45) is 2.02. The van der Waals surface area contributed by atoms with Gasteiger partial charge in [0.15, 0.2) is 0 Å². The Bertz CT molecular complexity index is 622. The van der Waals surface area contributed by atoms with Crippen LogP contribution in [0.15, 0.2) is 29.2 Å². The van der Waals surface area contributed by atoms with Crippen molar-refractivity contribution in [2.24, 2.45) is 7.05 Å². The summed E-state index contributed by atoms with van der Waals surface area (Å²) < 4.78 is 1.50. The Balaban J connectivity index is 2.16. The molecule has 0 radical (unpaired) electrons. The van der Waals surface area contributed by atoms with Crippen molar-refractivity contribution >= 4 is 23.3 Å². The van der Waals surface area contributed by atoms with Gasteiger partial charge >= 0.3 is 5.69 Å². The highest BCUT2D eigenvalue weighted by Crippen LogP contribution is 2.27. The molecule has 20 heavy (non-hydrogen) atoms. The Hall–Kier alpha value is -2.02. The maximum absolute atomic E-state index is 11.1. The second-order valence-electron chi connectivity index (χ2n) is 4.36. The number of aromatic nitrogens is 2. The molecule has 2 rings (SSSR count). The molecule has 2 aromatic rings. The molecule has 0 aliphatic rings. The monoisotopic (exact) mass is 292 g/mol. The quantitative estimate of drug-likeness (QED) is 0.521. The lowest BCUT2D eigenvalue weighted by Crippen LogP contribution is -2.06. The number of benzene rings is 1. The van der Waals surface area contributed by atoms with E-state index in [1.165, 1.54) is 9.58 Å². The van der Waals surface area contributed by atoms with Crippen LogP contribution in [0.2, 0.25) is 0 Å². The summed E-state index contributed by atoms with van der Waals surface area (Å²) in [6.45, 7) is 2.16. The fourth-order valence-electron chi connectivity index (χ4n) is 1.99. The molecule has 0 fully saturated rings. The number of nitrogens with one attached hydrogen (secondary N) is 1. The molecule has 1 aromatic carbocycles. The van der Waals surface area contributed by atoms with Gasteiger partial charge in [-0.3, -0.25) is 10.1 Å². The van der Waals surface area contributed by atoms with Crippen LogP contribution in [0.25, 0.3) is 0 Å². The Morgan fingerprint density at radius 2 is 2.05 bits per heavy atom. The number of nitrogens with zero attached hydrogens (tertiary/aromatic N) is 3. The van der Waals surface area contributed by atoms with Crippen molar-refractivity contribution in [3.63, 3.8) is 0 Å². The second kappa shape index (κ2) is 5.96. The number of rotatable bonds is 5. The molecule has 1 aromatic heterocycles. The molecule has 0 aliphatic carbocycles. The van der Waals surface area contributed by atoms with Crippen LogP contribution in [-0.4, -0.2) is 21.0 Å².